The monoisotopic (exact) mass is 492 g/mol. The minimum Gasteiger partial charge on any atom is -0.485 e. The summed E-state index contributed by atoms with van der Waals surface area (Å²) in [5, 5.41) is 0. The number of benzene rings is 2. The molecule has 0 amide bonds. The standard InChI is InChI=1S/C30H33FO5/c1-34-29(33)12-8-3-2-7-11-27-26(18-15-24(32)20-35-25-16-13-23(31)14-17-25)28-19-30(27,21-36-28)22-9-5-4-6-10-22/h2,4-7,9-10,13-18,26-28H,3,8,11-12,19-21H2,1H3/t26-,27-,28-,30-/m0/s1. The number of ketones is 1. The van der Waals surface area contributed by atoms with Crippen LogP contribution in [0.5, 0.6) is 5.75 Å². The third-order valence-corrected chi connectivity index (χ3v) is 7.31. The molecule has 1 saturated carbocycles. The highest BCUT2D eigenvalue weighted by Gasteiger charge is 2.58. The van der Waals surface area contributed by atoms with Crippen molar-refractivity contribution in [2.24, 2.45) is 11.8 Å². The lowest BCUT2D eigenvalue weighted by molar-refractivity contribution is -0.140. The molecule has 5 nitrogen and oxygen atoms in total. The van der Waals surface area contributed by atoms with Crippen LogP contribution in [0.3, 0.4) is 0 Å². The predicted octanol–water partition coefficient (Wildman–Crippen LogP) is 5.59. The second-order valence-corrected chi connectivity index (χ2v) is 9.50. The Bertz CT molecular complexity index is 1080. The number of hydrogen-bond donors (Lipinski definition) is 0. The van der Waals surface area contributed by atoms with Gasteiger partial charge in [-0.05, 0) is 67.5 Å². The predicted molar refractivity (Wildman–Crippen MR) is 135 cm³/mol. The van der Waals surface area contributed by atoms with E-state index in [9.17, 15) is 14.0 Å². The summed E-state index contributed by atoms with van der Waals surface area (Å²) in [7, 11) is 1.41. The molecule has 1 saturated heterocycles. The number of hydrogen-bond acceptors (Lipinski definition) is 5. The molecular formula is C30H33FO5. The van der Waals surface area contributed by atoms with Crippen LogP contribution in [0.2, 0.25) is 0 Å². The highest BCUT2D eigenvalue weighted by atomic mass is 19.1. The Morgan fingerprint density at radius 1 is 1.11 bits per heavy atom. The molecule has 190 valence electrons. The van der Waals surface area contributed by atoms with Gasteiger partial charge in [0.05, 0.1) is 19.8 Å². The molecule has 0 unspecified atom stereocenters. The van der Waals surface area contributed by atoms with Crippen LogP contribution in [0, 0.1) is 17.7 Å². The number of esters is 1. The molecule has 0 N–H and O–H groups in total. The van der Waals surface area contributed by atoms with E-state index in [4.69, 9.17) is 14.2 Å². The summed E-state index contributed by atoms with van der Waals surface area (Å²) in [4.78, 5) is 23.9. The summed E-state index contributed by atoms with van der Waals surface area (Å²) in [6.45, 7) is 0.573. The molecule has 1 aliphatic heterocycles. The molecule has 4 rings (SSSR count). The Morgan fingerprint density at radius 2 is 1.89 bits per heavy atom. The molecule has 2 fully saturated rings. The fourth-order valence-corrected chi connectivity index (χ4v) is 5.47. The molecule has 0 aromatic heterocycles. The normalized spacial score (nSPS) is 25.0. The van der Waals surface area contributed by atoms with Gasteiger partial charge in [0.25, 0.3) is 0 Å². The Kier molecular flexibility index (Phi) is 8.70. The number of ether oxygens (including phenoxy) is 3. The van der Waals surface area contributed by atoms with Crippen molar-refractivity contribution in [2.45, 2.75) is 43.6 Å². The second-order valence-electron chi connectivity index (χ2n) is 9.50. The van der Waals surface area contributed by atoms with Crippen molar-refractivity contribution in [2.75, 3.05) is 20.3 Å². The van der Waals surface area contributed by atoms with E-state index in [0.717, 1.165) is 25.7 Å². The van der Waals surface area contributed by atoms with Gasteiger partial charge in [-0.1, -0.05) is 48.6 Å². The van der Waals surface area contributed by atoms with Gasteiger partial charge in [-0.3, -0.25) is 9.59 Å². The number of methoxy groups -OCH3 is 1. The van der Waals surface area contributed by atoms with Gasteiger partial charge in [-0.2, -0.15) is 0 Å². The number of unbranched alkanes of at least 4 members (excludes halogenated alkanes) is 1. The number of halogens is 1. The van der Waals surface area contributed by atoms with E-state index < -0.39 is 0 Å². The van der Waals surface area contributed by atoms with E-state index in [0.29, 0.717) is 18.8 Å². The van der Waals surface area contributed by atoms with Gasteiger partial charge >= 0.3 is 5.97 Å². The minimum absolute atomic E-state index is 0.0602. The molecule has 0 spiro atoms. The van der Waals surface area contributed by atoms with Gasteiger partial charge in [-0.15, -0.1) is 0 Å². The largest absolute Gasteiger partial charge is 0.485 e. The first-order valence-corrected chi connectivity index (χ1v) is 12.5. The summed E-state index contributed by atoms with van der Waals surface area (Å²) < 4.78 is 29.5. The van der Waals surface area contributed by atoms with E-state index in [1.165, 1.54) is 36.9 Å². The first-order chi connectivity index (χ1) is 17.5. The molecule has 0 radical (unpaired) electrons. The molecule has 1 aliphatic carbocycles. The Balaban J connectivity index is 1.42. The first kappa shape index (κ1) is 25.8. The second kappa shape index (κ2) is 12.1. The van der Waals surface area contributed by atoms with Crippen LogP contribution in [0.15, 0.2) is 78.9 Å². The van der Waals surface area contributed by atoms with Crippen molar-refractivity contribution >= 4 is 11.8 Å². The number of carbonyl (C=O) groups is 2. The molecule has 2 aromatic carbocycles. The fourth-order valence-electron chi connectivity index (χ4n) is 5.47. The molecular weight excluding hydrogens is 459 g/mol. The van der Waals surface area contributed by atoms with Crippen molar-refractivity contribution in [1.82, 2.24) is 0 Å². The van der Waals surface area contributed by atoms with Crippen LogP contribution < -0.4 is 4.74 Å². The van der Waals surface area contributed by atoms with Crippen LogP contribution in [0.4, 0.5) is 4.39 Å². The van der Waals surface area contributed by atoms with Gasteiger partial charge in [0.2, 0.25) is 0 Å². The minimum atomic E-state index is -0.347. The average molecular weight is 493 g/mol. The Labute approximate surface area is 211 Å². The maximum Gasteiger partial charge on any atom is 0.305 e. The molecule has 2 aromatic rings. The van der Waals surface area contributed by atoms with Crippen molar-refractivity contribution in [3.05, 3.63) is 90.3 Å². The quantitative estimate of drug-likeness (QED) is 0.167. The third kappa shape index (κ3) is 6.11. The number of carbonyl (C=O) groups excluding carboxylic acids is 2. The number of rotatable bonds is 12. The smallest absolute Gasteiger partial charge is 0.305 e. The van der Waals surface area contributed by atoms with Gasteiger partial charge < -0.3 is 14.2 Å². The van der Waals surface area contributed by atoms with E-state index in [2.05, 4.69) is 36.4 Å². The molecule has 6 heteroatoms. The topological polar surface area (TPSA) is 61.8 Å². The van der Waals surface area contributed by atoms with Crippen LogP contribution in [-0.2, 0) is 24.5 Å². The maximum atomic E-state index is 13.1. The Morgan fingerprint density at radius 3 is 2.64 bits per heavy atom. The van der Waals surface area contributed by atoms with Crippen molar-refractivity contribution in [3.8, 4) is 5.75 Å². The van der Waals surface area contributed by atoms with Crippen LogP contribution in [-0.4, -0.2) is 38.2 Å². The molecule has 4 atom stereocenters. The summed E-state index contributed by atoms with van der Waals surface area (Å²) >= 11 is 0. The van der Waals surface area contributed by atoms with Crippen LogP contribution in [0.1, 0.15) is 37.7 Å². The zero-order valence-corrected chi connectivity index (χ0v) is 20.6. The molecule has 2 aliphatic rings. The third-order valence-electron chi connectivity index (χ3n) is 7.31. The summed E-state index contributed by atoms with van der Waals surface area (Å²) in [5.74, 6) is 0.175. The zero-order chi connectivity index (χ0) is 25.4. The average Bonchev–Trinajstić information content (AvgIpc) is 3.47. The molecule has 36 heavy (non-hydrogen) atoms. The van der Waals surface area contributed by atoms with Crippen molar-refractivity contribution < 1.29 is 28.2 Å². The maximum absolute atomic E-state index is 13.1. The SMILES string of the molecule is COC(=O)CCCC=CC[C@H]1[C@H](C=CC(=O)COc2ccc(F)cc2)[C@@H]2C[C@@]1(c1ccccc1)CO2. The highest BCUT2D eigenvalue weighted by molar-refractivity contribution is 5.91. The van der Waals surface area contributed by atoms with Crippen molar-refractivity contribution in [1.29, 1.82) is 0 Å². The zero-order valence-electron chi connectivity index (χ0n) is 20.6. The molecule has 1 heterocycles. The Hall–Kier alpha value is -3.25. The molecule has 2 bridgehead atoms. The van der Waals surface area contributed by atoms with Crippen molar-refractivity contribution in [3.63, 3.8) is 0 Å². The number of allylic oxidation sites excluding steroid dienone is 2. The van der Waals surface area contributed by atoms with Crippen LogP contribution >= 0.6 is 0 Å². The summed E-state index contributed by atoms with van der Waals surface area (Å²) in [5.41, 5.74) is 1.18. The van der Waals surface area contributed by atoms with Gasteiger partial charge in [-0.25, -0.2) is 4.39 Å². The lowest BCUT2D eigenvalue weighted by Crippen LogP contribution is -2.39. The van der Waals surface area contributed by atoms with E-state index in [1.807, 2.05) is 12.1 Å². The summed E-state index contributed by atoms with van der Waals surface area (Å²) in [6, 6.07) is 16.1. The lowest BCUT2D eigenvalue weighted by Gasteiger charge is -2.38. The van der Waals surface area contributed by atoms with E-state index >= 15 is 0 Å². The van der Waals surface area contributed by atoms with E-state index in [-0.39, 0.29) is 47.5 Å². The van der Waals surface area contributed by atoms with Gasteiger partial charge in [0.15, 0.2) is 12.4 Å². The van der Waals surface area contributed by atoms with Gasteiger partial charge in [0.1, 0.15) is 11.6 Å². The highest BCUT2D eigenvalue weighted by Crippen LogP contribution is 2.56. The summed E-state index contributed by atoms with van der Waals surface area (Å²) in [6.07, 6.45) is 11.8. The van der Waals surface area contributed by atoms with Crippen LogP contribution in [0.25, 0.3) is 0 Å². The number of fused-ring (bicyclic) bond motifs is 2. The lowest BCUT2D eigenvalue weighted by atomic mass is 9.69. The fraction of sp³-hybridized carbons (Fsp3) is 0.400. The first-order valence-electron chi connectivity index (χ1n) is 12.5. The van der Waals surface area contributed by atoms with Gasteiger partial charge in [0, 0.05) is 17.8 Å². The van der Waals surface area contributed by atoms with E-state index in [1.54, 1.807) is 6.08 Å².